The Kier molecular flexibility index (Phi) is 3.40. The fourth-order valence-electron chi connectivity index (χ4n) is 1.79. The van der Waals surface area contributed by atoms with Crippen LogP contribution < -0.4 is 5.32 Å². The van der Waals surface area contributed by atoms with Gasteiger partial charge in [0.25, 0.3) is 11.6 Å². The van der Waals surface area contributed by atoms with E-state index in [1.165, 1.54) is 36.6 Å². The van der Waals surface area contributed by atoms with Crippen molar-refractivity contribution in [3.05, 3.63) is 64.4 Å². The second-order valence-electron chi connectivity index (χ2n) is 4.31. The molecular formula is C14H9N3O5. The van der Waals surface area contributed by atoms with Crippen molar-refractivity contribution in [1.29, 1.82) is 0 Å². The predicted octanol–water partition coefficient (Wildman–Crippen LogP) is 3.10. The van der Waals surface area contributed by atoms with Gasteiger partial charge in [-0.05, 0) is 24.3 Å². The minimum Gasteiger partial charge on any atom is -0.463 e. The lowest BCUT2D eigenvalue weighted by molar-refractivity contribution is -0.384. The van der Waals surface area contributed by atoms with Gasteiger partial charge in [-0.2, -0.15) is 0 Å². The van der Waals surface area contributed by atoms with Crippen LogP contribution in [0.2, 0.25) is 0 Å². The minimum absolute atomic E-state index is 0.0867. The highest BCUT2D eigenvalue weighted by atomic mass is 16.6. The number of benzene rings is 1. The Morgan fingerprint density at radius 2 is 2.00 bits per heavy atom. The van der Waals surface area contributed by atoms with E-state index in [2.05, 4.69) is 10.5 Å². The summed E-state index contributed by atoms with van der Waals surface area (Å²) in [5.74, 6) is 0.200. The predicted molar refractivity (Wildman–Crippen MR) is 75.3 cm³/mol. The van der Waals surface area contributed by atoms with Gasteiger partial charge in [0.15, 0.2) is 11.5 Å². The zero-order valence-corrected chi connectivity index (χ0v) is 11.1. The molecule has 0 saturated carbocycles. The highest BCUT2D eigenvalue weighted by Crippen LogP contribution is 2.22. The lowest BCUT2D eigenvalue weighted by Crippen LogP contribution is -2.11. The summed E-state index contributed by atoms with van der Waals surface area (Å²) in [6, 6.07) is 10.2. The first kappa shape index (κ1) is 13.6. The third-order valence-corrected chi connectivity index (χ3v) is 2.86. The van der Waals surface area contributed by atoms with E-state index >= 15 is 0 Å². The molecule has 0 aliphatic carbocycles. The normalized spacial score (nSPS) is 10.4. The number of nitrogens with one attached hydrogen (secondary N) is 1. The molecule has 0 aliphatic heterocycles. The molecule has 3 aromatic rings. The molecule has 2 heterocycles. The van der Waals surface area contributed by atoms with Crippen LogP contribution in [0.15, 0.2) is 57.7 Å². The van der Waals surface area contributed by atoms with E-state index in [1.54, 1.807) is 12.1 Å². The Bertz CT molecular complexity index is 805. The lowest BCUT2D eigenvalue weighted by atomic mass is 10.2. The second-order valence-corrected chi connectivity index (χ2v) is 4.31. The fourth-order valence-corrected chi connectivity index (χ4v) is 1.79. The number of amides is 1. The summed E-state index contributed by atoms with van der Waals surface area (Å²) in [4.78, 5) is 22.0. The summed E-state index contributed by atoms with van der Waals surface area (Å²) in [6.45, 7) is 0. The van der Waals surface area contributed by atoms with Gasteiger partial charge in [-0.25, -0.2) is 0 Å². The number of carbonyl (C=O) groups excluding carboxylic acids is 1. The maximum absolute atomic E-state index is 12.0. The van der Waals surface area contributed by atoms with Crippen LogP contribution in [0.4, 0.5) is 11.6 Å². The molecule has 0 unspecified atom stereocenters. The molecule has 110 valence electrons. The van der Waals surface area contributed by atoms with Crippen molar-refractivity contribution in [2.24, 2.45) is 0 Å². The van der Waals surface area contributed by atoms with Crippen LogP contribution in [0.1, 0.15) is 10.4 Å². The number of nitro benzene ring substituents is 1. The number of rotatable bonds is 4. The van der Waals surface area contributed by atoms with Crippen LogP contribution >= 0.6 is 0 Å². The second kappa shape index (κ2) is 5.52. The van der Waals surface area contributed by atoms with E-state index in [9.17, 15) is 14.9 Å². The molecule has 0 radical (unpaired) electrons. The Balaban J connectivity index is 1.73. The van der Waals surface area contributed by atoms with E-state index in [-0.39, 0.29) is 17.1 Å². The molecule has 1 amide bonds. The summed E-state index contributed by atoms with van der Waals surface area (Å²) < 4.78 is 10.2. The highest BCUT2D eigenvalue weighted by Gasteiger charge is 2.13. The van der Waals surface area contributed by atoms with Crippen LogP contribution in [0, 0.1) is 10.1 Å². The first-order chi connectivity index (χ1) is 10.6. The SMILES string of the molecule is O=C(Nc1cc(-c2ccco2)no1)c1ccc([N+](=O)[O-])cc1. The van der Waals surface area contributed by atoms with Crippen molar-refractivity contribution in [2.45, 2.75) is 0 Å². The molecule has 0 aliphatic rings. The van der Waals surface area contributed by atoms with Crippen molar-refractivity contribution < 1.29 is 18.7 Å². The van der Waals surface area contributed by atoms with E-state index in [4.69, 9.17) is 8.94 Å². The number of nitrogens with zero attached hydrogens (tertiary/aromatic N) is 2. The Hall–Kier alpha value is -3.42. The molecule has 3 rings (SSSR count). The topological polar surface area (TPSA) is 111 Å². The van der Waals surface area contributed by atoms with Crippen molar-refractivity contribution >= 4 is 17.5 Å². The van der Waals surface area contributed by atoms with Gasteiger partial charge in [-0.15, -0.1) is 0 Å². The average Bonchev–Trinajstić information content (AvgIpc) is 3.18. The van der Waals surface area contributed by atoms with Crippen molar-refractivity contribution in [2.75, 3.05) is 5.32 Å². The van der Waals surface area contributed by atoms with E-state index < -0.39 is 10.8 Å². The Morgan fingerprint density at radius 1 is 1.23 bits per heavy atom. The smallest absolute Gasteiger partial charge is 0.269 e. The summed E-state index contributed by atoms with van der Waals surface area (Å²) in [5.41, 5.74) is 0.627. The Morgan fingerprint density at radius 3 is 2.64 bits per heavy atom. The number of furan rings is 1. The molecule has 8 nitrogen and oxygen atoms in total. The molecule has 1 N–H and O–H groups in total. The quantitative estimate of drug-likeness (QED) is 0.585. The van der Waals surface area contributed by atoms with Gasteiger partial charge in [0.2, 0.25) is 5.88 Å². The summed E-state index contributed by atoms with van der Waals surface area (Å²) in [5, 5.41) is 16.8. The number of aromatic nitrogens is 1. The number of hydrogen-bond acceptors (Lipinski definition) is 6. The molecule has 1 aromatic carbocycles. The average molecular weight is 299 g/mol. The maximum Gasteiger partial charge on any atom is 0.269 e. The number of non-ortho nitro benzene ring substituents is 1. The lowest BCUT2D eigenvalue weighted by Gasteiger charge is -2.00. The zero-order valence-electron chi connectivity index (χ0n) is 11.1. The number of hydrogen-bond donors (Lipinski definition) is 1. The molecule has 0 saturated heterocycles. The van der Waals surface area contributed by atoms with Crippen LogP contribution in [0.25, 0.3) is 11.5 Å². The first-order valence-electron chi connectivity index (χ1n) is 6.20. The highest BCUT2D eigenvalue weighted by molar-refractivity contribution is 6.03. The first-order valence-corrected chi connectivity index (χ1v) is 6.20. The van der Waals surface area contributed by atoms with Crippen LogP contribution in [0.5, 0.6) is 0 Å². The van der Waals surface area contributed by atoms with Crippen molar-refractivity contribution in [1.82, 2.24) is 5.16 Å². The monoisotopic (exact) mass is 299 g/mol. The van der Waals surface area contributed by atoms with Crippen LogP contribution in [-0.2, 0) is 0 Å². The Labute approximate surface area is 123 Å². The van der Waals surface area contributed by atoms with Gasteiger partial charge in [0.1, 0.15) is 0 Å². The van der Waals surface area contributed by atoms with Gasteiger partial charge in [0, 0.05) is 23.8 Å². The maximum atomic E-state index is 12.0. The van der Waals surface area contributed by atoms with E-state index in [0.29, 0.717) is 11.5 Å². The van der Waals surface area contributed by atoms with Gasteiger partial charge >= 0.3 is 0 Å². The third kappa shape index (κ3) is 2.70. The van der Waals surface area contributed by atoms with E-state index in [1.807, 2.05) is 0 Å². The molecule has 0 fully saturated rings. The number of nitro groups is 1. The number of carbonyl (C=O) groups is 1. The number of anilines is 1. The van der Waals surface area contributed by atoms with Crippen molar-refractivity contribution in [3.8, 4) is 11.5 Å². The molecule has 22 heavy (non-hydrogen) atoms. The van der Waals surface area contributed by atoms with Gasteiger partial charge in [0.05, 0.1) is 11.2 Å². The molecule has 8 heteroatoms. The minimum atomic E-state index is -0.534. The van der Waals surface area contributed by atoms with Gasteiger partial charge in [-0.3, -0.25) is 20.2 Å². The van der Waals surface area contributed by atoms with Crippen molar-refractivity contribution in [3.63, 3.8) is 0 Å². The van der Waals surface area contributed by atoms with Gasteiger partial charge in [-0.1, -0.05) is 5.16 Å². The standard InChI is InChI=1S/C14H9N3O5/c18-14(9-3-5-10(6-4-9)17(19)20)15-13-8-11(16-22-13)12-2-1-7-21-12/h1-8H,(H,15,18). The molecule has 0 bridgehead atoms. The molecule has 2 aromatic heterocycles. The molecule has 0 atom stereocenters. The molecule has 0 spiro atoms. The largest absolute Gasteiger partial charge is 0.463 e. The van der Waals surface area contributed by atoms with Crippen LogP contribution in [0.3, 0.4) is 0 Å². The summed E-state index contributed by atoms with van der Waals surface area (Å²) >= 11 is 0. The van der Waals surface area contributed by atoms with E-state index in [0.717, 1.165) is 0 Å². The fraction of sp³-hybridized carbons (Fsp3) is 0. The van der Waals surface area contributed by atoms with Gasteiger partial charge < -0.3 is 8.94 Å². The third-order valence-electron chi connectivity index (χ3n) is 2.86. The van der Waals surface area contributed by atoms with Crippen LogP contribution in [-0.4, -0.2) is 16.0 Å². The summed E-state index contributed by atoms with van der Waals surface area (Å²) in [7, 11) is 0. The molecular weight excluding hydrogens is 290 g/mol. The zero-order chi connectivity index (χ0) is 15.5. The summed E-state index contributed by atoms with van der Waals surface area (Å²) in [6.07, 6.45) is 1.50.